The van der Waals surface area contributed by atoms with Crippen molar-refractivity contribution in [3.63, 3.8) is 0 Å². The summed E-state index contributed by atoms with van der Waals surface area (Å²) in [5, 5.41) is 3.95. The van der Waals surface area contributed by atoms with Gasteiger partial charge in [0.05, 0.1) is 6.20 Å². The Kier molecular flexibility index (Phi) is 5.55. The Labute approximate surface area is 141 Å². The van der Waals surface area contributed by atoms with Crippen molar-refractivity contribution >= 4 is 0 Å². The highest BCUT2D eigenvalue weighted by Crippen LogP contribution is 2.22. The van der Waals surface area contributed by atoms with E-state index >= 15 is 0 Å². The summed E-state index contributed by atoms with van der Waals surface area (Å²) in [7, 11) is 0. The van der Waals surface area contributed by atoms with E-state index in [2.05, 4.69) is 31.9 Å². The summed E-state index contributed by atoms with van der Waals surface area (Å²) in [5.74, 6) is 7.29. The van der Waals surface area contributed by atoms with Crippen LogP contribution >= 0.6 is 0 Å². The monoisotopic (exact) mass is 328 g/mol. The molecule has 0 amide bonds. The van der Waals surface area contributed by atoms with Gasteiger partial charge in [-0.3, -0.25) is 0 Å². The van der Waals surface area contributed by atoms with Gasteiger partial charge < -0.3 is 9.42 Å². The van der Waals surface area contributed by atoms with Crippen molar-refractivity contribution in [1.29, 1.82) is 0 Å². The normalized spacial score (nSPS) is 15.9. The van der Waals surface area contributed by atoms with E-state index in [9.17, 15) is 4.39 Å². The molecule has 1 aliphatic heterocycles. The molecule has 0 atom stereocenters. The van der Waals surface area contributed by atoms with Gasteiger partial charge in [0.25, 0.3) is 0 Å². The van der Waals surface area contributed by atoms with Gasteiger partial charge in [-0.15, -0.1) is 11.8 Å². The molecule has 0 N–H and O–H groups in total. The average Bonchev–Trinajstić information content (AvgIpc) is 3.06. The maximum Gasteiger partial charge on any atom is 0.227 e. The second-order valence-electron chi connectivity index (χ2n) is 6.04. The molecule has 0 bridgehead atoms. The molecule has 1 fully saturated rings. The van der Waals surface area contributed by atoms with Crippen LogP contribution in [-0.4, -0.2) is 39.7 Å². The fraction of sp³-hybridized carbons (Fsp3) is 0.500. The van der Waals surface area contributed by atoms with Gasteiger partial charge in [0.2, 0.25) is 11.7 Å². The summed E-state index contributed by atoms with van der Waals surface area (Å²) in [5.41, 5.74) is 0.526. The number of likely N-dealkylation sites (tertiary alicyclic amines) is 1. The molecule has 3 heterocycles. The zero-order chi connectivity index (χ0) is 16.8. The summed E-state index contributed by atoms with van der Waals surface area (Å²) in [6.07, 6.45) is 5.15. The van der Waals surface area contributed by atoms with Crippen molar-refractivity contribution in [2.45, 2.75) is 32.6 Å². The minimum Gasteiger partial charge on any atom is -0.339 e. The van der Waals surface area contributed by atoms with Crippen LogP contribution in [0.1, 0.15) is 32.1 Å². The van der Waals surface area contributed by atoms with E-state index in [0.29, 0.717) is 23.3 Å². The first kappa shape index (κ1) is 16.6. The van der Waals surface area contributed by atoms with Gasteiger partial charge in [0.15, 0.2) is 0 Å². The van der Waals surface area contributed by atoms with Gasteiger partial charge in [0, 0.05) is 19.4 Å². The third kappa shape index (κ3) is 4.39. The molecule has 1 saturated heterocycles. The summed E-state index contributed by atoms with van der Waals surface area (Å²) >= 11 is 0. The van der Waals surface area contributed by atoms with Crippen molar-refractivity contribution in [2.24, 2.45) is 5.92 Å². The standard InChI is InChI=1S/C18H21FN4O/c1-2-3-4-9-23-10-7-14(8-11-23)12-17-21-18(22-24-17)16-6-5-15(19)13-20-16/h5-6,13-14H,4,7-12H2,1H3. The van der Waals surface area contributed by atoms with Crippen molar-refractivity contribution in [2.75, 3.05) is 19.6 Å². The fourth-order valence-corrected chi connectivity index (χ4v) is 2.95. The zero-order valence-corrected chi connectivity index (χ0v) is 13.8. The van der Waals surface area contributed by atoms with Crippen molar-refractivity contribution in [3.8, 4) is 23.4 Å². The summed E-state index contributed by atoms with van der Waals surface area (Å²) in [6, 6.07) is 2.90. The van der Waals surface area contributed by atoms with Crippen molar-refractivity contribution in [1.82, 2.24) is 20.0 Å². The molecule has 1 aliphatic rings. The lowest BCUT2D eigenvalue weighted by molar-refractivity contribution is 0.180. The van der Waals surface area contributed by atoms with Crippen LogP contribution in [0.25, 0.3) is 11.5 Å². The first-order valence-electron chi connectivity index (χ1n) is 8.31. The Bertz CT molecular complexity index is 709. The molecule has 126 valence electrons. The Morgan fingerprint density at radius 1 is 1.33 bits per heavy atom. The van der Waals surface area contributed by atoms with Crippen LogP contribution in [0.5, 0.6) is 0 Å². The summed E-state index contributed by atoms with van der Waals surface area (Å²) in [4.78, 5) is 10.8. The van der Waals surface area contributed by atoms with Gasteiger partial charge in [-0.1, -0.05) is 5.16 Å². The molecule has 0 unspecified atom stereocenters. The lowest BCUT2D eigenvalue weighted by Crippen LogP contribution is -2.34. The minimum atomic E-state index is -0.376. The van der Waals surface area contributed by atoms with Crippen LogP contribution < -0.4 is 0 Å². The average molecular weight is 328 g/mol. The highest BCUT2D eigenvalue weighted by Gasteiger charge is 2.21. The largest absolute Gasteiger partial charge is 0.339 e. The van der Waals surface area contributed by atoms with E-state index in [1.165, 1.54) is 6.07 Å². The van der Waals surface area contributed by atoms with Crippen LogP contribution in [0.15, 0.2) is 22.9 Å². The van der Waals surface area contributed by atoms with E-state index < -0.39 is 0 Å². The molecule has 5 nitrogen and oxygen atoms in total. The molecule has 3 rings (SSSR count). The first-order valence-corrected chi connectivity index (χ1v) is 8.31. The third-order valence-corrected chi connectivity index (χ3v) is 4.32. The number of nitrogens with zero attached hydrogens (tertiary/aromatic N) is 4. The fourth-order valence-electron chi connectivity index (χ4n) is 2.95. The molecule has 24 heavy (non-hydrogen) atoms. The maximum atomic E-state index is 12.9. The molecule has 2 aromatic rings. The van der Waals surface area contributed by atoms with E-state index in [-0.39, 0.29) is 5.82 Å². The number of rotatable bonds is 5. The SMILES string of the molecule is CC#CCCN1CCC(Cc2nc(-c3ccc(F)cn3)no2)CC1. The predicted molar refractivity (Wildman–Crippen MR) is 88.4 cm³/mol. The quantitative estimate of drug-likeness (QED) is 0.790. The zero-order valence-electron chi connectivity index (χ0n) is 13.8. The number of hydrogen-bond acceptors (Lipinski definition) is 5. The summed E-state index contributed by atoms with van der Waals surface area (Å²) < 4.78 is 18.2. The van der Waals surface area contributed by atoms with Gasteiger partial charge in [-0.05, 0) is 50.9 Å². The molecule has 6 heteroatoms. The van der Waals surface area contributed by atoms with Crippen LogP contribution in [0, 0.1) is 23.6 Å². The molecule has 2 aromatic heterocycles. The Morgan fingerprint density at radius 2 is 2.17 bits per heavy atom. The van der Waals surface area contributed by atoms with Gasteiger partial charge in [-0.25, -0.2) is 9.37 Å². The Hall–Kier alpha value is -2.26. The third-order valence-electron chi connectivity index (χ3n) is 4.32. The van der Waals surface area contributed by atoms with Crippen LogP contribution in [0.3, 0.4) is 0 Å². The molecule has 0 aliphatic carbocycles. The smallest absolute Gasteiger partial charge is 0.227 e. The number of halogens is 1. The van der Waals surface area contributed by atoms with Gasteiger partial charge in [-0.2, -0.15) is 4.98 Å². The van der Waals surface area contributed by atoms with E-state index in [1.54, 1.807) is 6.07 Å². The topological polar surface area (TPSA) is 55.1 Å². The minimum absolute atomic E-state index is 0.376. The van der Waals surface area contributed by atoms with E-state index in [4.69, 9.17) is 4.52 Å². The number of aromatic nitrogens is 3. The van der Waals surface area contributed by atoms with E-state index in [1.807, 2.05) is 6.92 Å². The molecule has 0 radical (unpaired) electrons. The molecule has 0 spiro atoms. The van der Waals surface area contributed by atoms with Crippen LogP contribution in [0.4, 0.5) is 4.39 Å². The highest BCUT2D eigenvalue weighted by atomic mass is 19.1. The predicted octanol–water partition coefficient (Wildman–Crippen LogP) is 2.94. The molecular weight excluding hydrogens is 307 g/mol. The van der Waals surface area contributed by atoms with Crippen LogP contribution in [-0.2, 0) is 6.42 Å². The number of piperidine rings is 1. The summed E-state index contributed by atoms with van der Waals surface area (Å²) in [6.45, 7) is 5.12. The Morgan fingerprint density at radius 3 is 2.88 bits per heavy atom. The van der Waals surface area contributed by atoms with Crippen molar-refractivity contribution in [3.05, 3.63) is 30.0 Å². The second-order valence-corrected chi connectivity index (χ2v) is 6.04. The highest BCUT2D eigenvalue weighted by molar-refractivity contribution is 5.47. The lowest BCUT2D eigenvalue weighted by atomic mass is 9.93. The maximum absolute atomic E-state index is 12.9. The number of pyridine rings is 1. The van der Waals surface area contributed by atoms with Crippen molar-refractivity contribution < 1.29 is 8.91 Å². The lowest BCUT2D eigenvalue weighted by Gasteiger charge is -2.30. The molecule has 0 saturated carbocycles. The van der Waals surface area contributed by atoms with Gasteiger partial charge in [0.1, 0.15) is 11.5 Å². The number of hydrogen-bond donors (Lipinski definition) is 0. The second kappa shape index (κ2) is 8.02. The Balaban J connectivity index is 1.50. The van der Waals surface area contributed by atoms with E-state index in [0.717, 1.165) is 51.5 Å². The van der Waals surface area contributed by atoms with Crippen LogP contribution in [0.2, 0.25) is 0 Å². The molecular formula is C18H21FN4O. The van der Waals surface area contributed by atoms with Gasteiger partial charge >= 0.3 is 0 Å². The first-order chi connectivity index (χ1) is 11.7. The molecule has 0 aromatic carbocycles.